The highest BCUT2D eigenvalue weighted by molar-refractivity contribution is 5.92. The summed E-state index contributed by atoms with van der Waals surface area (Å²) in [5, 5.41) is 3.06. The van der Waals surface area contributed by atoms with Crippen molar-refractivity contribution < 1.29 is 9.59 Å². The maximum absolute atomic E-state index is 12.9. The highest BCUT2D eigenvalue weighted by Crippen LogP contribution is 2.33. The van der Waals surface area contributed by atoms with Gasteiger partial charge in [-0.15, -0.1) is 0 Å². The first-order valence-electron chi connectivity index (χ1n) is 13.0. The number of carbonyl (C=O) groups is 2. The number of hydrogen-bond acceptors (Lipinski definition) is 5. The van der Waals surface area contributed by atoms with Crippen molar-refractivity contribution in [3.8, 4) is 22.4 Å². The van der Waals surface area contributed by atoms with Crippen LogP contribution in [0.4, 0.5) is 5.69 Å². The lowest BCUT2D eigenvalue weighted by atomic mass is 9.83. The summed E-state index contributed by atoms with van der Waals surface area (Å²) in [7, 11) is 1.87. The van der Waals surface area contributed by atoms with Crippen LogP contribution in [0.5, 0.6) is 0 Å². The Balaban J connectivity index is 1.49. The Hall–Kier alpha value is -3.58. The summed E-state index contributed by atoms with van der Waals surface area (Å²) in [5.74, 6) is 0.420. The minimum absolute atomic E-state index is 0.00636. The van der Waals surface area contributed by atoms with Gasteiger partial charge in [0.2, 0.25) is 11.8 Å². The summed E-state index contributed by atoms with van der Waals surface area (Å²) >= 11 is 0. The van der Waals surface area contributed by atoms with Crippen molar-refractivity contribution >= 4 is 17.5 Å². The number of nitrogens with zero attached hydrogens (tertiary/aromatic N) is 3. The number of amides is 2. The van der Waals surface area contributed by atoms with Crippen LogP contribution in [0.25, 0.3) is 22.4 Å². The van der Waals surface area contributed by atoms with Gasteiger partial charge >= 0.3 is 0 Å². The molecule has 7 heteroatoms. The van der Waals surface area contributed by atoms with Gasteiger partial charge in [-0.25, -0.2) is 0 Å². The minimum atomic E-state index is -0.523. The molecule has 2 heterocycles. The molecule has 3 aromatic rings. The Bertz CT molecular complexity index is 1230. The van der Waals surface area contributed by atoms with Crippen molar-refractivity contribution in [1.29, 1.82) is 0 Å². The maximum atomic E-state index is 12.9. The molecule has 1 aliphatic carbocycles. The van der Waals surface area contributed by atoms with E-state index in [0.717, 1.165) is 53.8 Å². The van der Waals surface area contributed by atoms with Crippen molar-refractivity contribution in [2.24, 2.45) is 11.7 Å². The predicted octanol–water partition coefficient (Wildman–Crippen LogP) is 5.37. The molecule has 1 fully saturated rings. The van der Waals surface area contributed by atoms with Gasteiger partial charge in [-0.05, 0) is 69.2 Å². The van der Waals surface area contributed by atoms with Crippen LogP contribution in [0, 0.1) is 5.92 Å². The third-order valence-corrected chi connectivity index (χ3v) is 7.29. The molecule has 0 bridgehead atoms. The standard InChI is InChI=1S/C30H37N5O2/c1-20(36)35(4)25-13-10-21(11-14-25)16-28(37)34-24-17-26(22-8-6-5-7-9-22)29(33-19-24)23-12-15-27(32-18-23)30(2,3)31/h5-9,12,15,17-19,21,25H,10-11,13-14,16,31H2,1-4H3,(H,34,37)/t21-,25-. The summed E-state index contributed by atoms with van der Waals surface area (Å²) in [4.78, 5) is 35.7. The molecule has 3 N–H and O–H groups in total. The van der Waals surface area contributed by atoms with Crippen molar-refractivity contribution in [1.82, 2.24) is 14.9 Å². The van der Waals surface area contributed by atoms with Crippen molar-refractivity contribution in [3.05, 3.63) is 66.6 Å². The molecule has 194 valence electrons. The minimum Gasteiger partial charge on any atom is -0.343 e. The quantitative estimate of drug-likeness (QED) is 0.455. The van der Waals surface area contributed by atoms with Gasteiger partial charge in [0.15, 0.2) is 0 Å². The molecule has 2 aromatic heterocycles. The third kappa shape index (κ3) is 6.60. The number of pyridine rings is 2. The van der Waals surface area contributed by atoms with Gasteiger partial charge in [-0.1, -0.05) is 30.3 Å². The Kier molecular flexibility index (Phi) is 8.03. The van der Waals surface area contributed by atoms with E-state index in [0.29, 0.717) is 18.0 Å². The van der Waals surface area contributed by atoms with Gasteiger partial charge < -0.3 is 16.0 Å². The smallest absolute Gasteiger partial charge is 0.224 e. The first-order chi connectivity index (χ1) is 17.6. The van der Waals surface area contributed by atoms with Gasteiger partial charge in [0.05, 0.1) is 28.8 Å². The summed E-state index contributed by atoms with van der Waals surface area (Å²) in [5.41, 5.74) is 10.8. The second-order valence-corrected chi connectivity index (χ2v) is 10.7. The molecule has 37 heavy (non-hydrogen) atoms. The number of nitrogens with two attached hydrogens (primary N) is 1. The van der Waals surface area contributed by atoms with Crippen LogP contribution in [0.3, 0.4) is 0 Å². The van der Waals surface area contributed by atoms with Crippen LogP contribution in [-0.4, -0.2) is 39.8 Å². The zero-order chi connectivity index (χ0) is 26.6. The predicted molar refractivity (Wildman–Crippen MR) is 148 cm³/mol. The molecule has 1 aromatic carbocycles. The number of benzene rings is 1. The van der Waals surface area contributed by atoms with E-state index in [1.165, 1.54) is 0 Å². The molecule has 2 amide bonds. The Labute approximate surface area is 219 Å². The lowest BCUT2D eigenvalue weighted by molar-refractivity contribution is -0.130. The monoisotopic (exact) mass is 499 g/mol. The van der Waals surface area contributed by atoms with E-state index >= 15 is 0 Å². The second-order valence-electron chi connectivity index (χ2n) is 10.7. The van der Waals surface area contributed by atoms with Crippen LogP contribution in [0.15, 0.2) is 60.9 Å². The van der Waals surface area contributed by atoms with E-state index in [-0.39, 0.29) is 17.9 Å². The van der Waals surface area contributed by atoms with Crippen LogP contribution in [0.1, 0.15) is 58.6 Å². The Morgan fingerprint density at radius 1 is 1.00 bits per heavy atom. The molecular weight excluding hydrogens is 462 g/mol. The van der Waals surface area contributed by atoms with Gasteiger partial charge in [0, 0.05) is 43.8 Å². The van der Waals surface area contributed by atoms with Gasteiger partial charge in [-0.2, -0.15) is 0 Å². The highest BCUT2D eigenvalue weighted by Gasteiger charge is 2.26. The molecule has 0 atom stereocenters. The Morgan fingerprint density at radius 3 is 2.30 bits per heavy atom. The summed E-state index contributed by atoms with van der Waals surface area (Å²) < 4.78 is 0. The van der Waals surface area contributed by atoms with Crippen LogP contribution in [-0.2, 0) is 15.1 Å². The molecule has 0 unspecified atom stereocenters. The Morgan fingerprint density at radius 2 is 1.70 bits per heavy atom. The van der Waals surface area contributed by atoms with E-state index in [2.05, 4.69) is 10.3 Å². The van der Waals surface area contributed by atoms with Gasteiger partial charge in [-0.3, -0.25) is 19.6 Å². The first-order valence-corrected chi connectivity index (χ1v) is 13.0. The van der Waals surface area contributed by atoms with Crippen LogP contribution in [0.2, 0.25) is 0 Å². The average molecular weight is 500 g/mol. The topological polar surface area (TPSA) is 101 Å². The summed E-state index contributed by atoms with van der Waals surface area (Å²) in [6.07, 6.45) is 7.76. The molecule has 4 rings (SSSR count). The van der Waals surface area contributed by atoms with E-state index < -0.39 is 5.54 Å². The lowest BCUT2D eigenvalue weighted by Crippen LogP contribution is -2.38. The molecule has 0 spiro atoms. The summed E-state index contributed by atoms with van der Waals surface area (Å²) in [6.45, 7) is 5.46. The lowest BCUT2D eigenvalue weighted by Gasteiger charge is -2.34. The SMILES string of the molecule is CC(=O)N(C)[C@H]1CC[C@H](CC(=O)Nc2cnc(-c3ccc(C(C)(C)N)nc3)c(-c3ccccc3)c2)CC1. The molecule has 1 saturated carbocycles. The van der Waals surface area contributed by atoms with E-state index in [9.17, 15) is 9.59 Å². The third-order valence-electron chi connectivity index (χ3n) is 7.29. The molecule has 0 aliphatic heterocycles. The fourth-order valence-corrected chi connectivity index (χ4v) is 4.98. The van der Waals surface area contributed by atoms with Crippen LogP contribution < -0.4 is 11.1 Å². The number of carbonyl (C=O) groups excluding carboxylic acids is 2. The largest absolute Gasteiger partial charge is 0.343 e. The highest BCUT2D eigenvalue weighted by atomic mass is 16.2. The van der Waals surface area contributed by atoms with Gasteiger partial charge in [0.1, 0.15) is 0 Å². The number of anilines is 1. The number of hydrogen-bond donors (Lipinski definition) is 2. The zero-order valence-electron chi connectivity index (χ0n) is 22.2. The maximum Gasteiger partial charge on any atom is 0.224 e. The number of rotatable bonds is 7. The second kappa shape index (κ2) is 11.2. The molecule has 0 saturated heterocycles. The molecule has 1 aliphatic rings. The van der Waals surface area contributed by atoms with Crippen LogP contribution >= 0.6 is 0 Å². The van der Waals surface area contributed by atoms with E-state index in [4.69, 9.17) is 10.7 Å². The van der Waals surface area contributed by atoms with E-state index in [1.54, 1.807) is 19.3 Å². The van der Waals surface area contributed by atoms with Crippen molar-refractivity contribution in [2.75, 3.05) is 12.4 Å². The average Bonchev–Trinajstić information content (AvgIpc) is 2.88. The number of nitrogens with one attached hydrogen (secondary N) is 1. The van der Waals surface area contributed by atoms with Crippen molar-refractivity contribution in [2.45, 2.75) is 64.5 Å². The molecular formula is C30H37N5O2. The molecule has 7 nitrogen and oxygen atoms in total. The molecule has 0 radical (unpaired) electrons. The first kappa shape index (κ1) is 26.5. The van der Waals surface area contributed by atoms with Crippen molar-refractivity contribution in [3.63, 3.8) is 0 Å². The summed E-state index contributed by atoms with van der Waals surface area (Å²) in [6, 6.07) is 16.2. The zero-order valence-corrected chi connectivity index (χ0v) is 22.2. The van der Waals surface area contributed by atoms with E-state index in [1.807, 2.05) is 74.3 Å². The fraction of sp³-hybridized carbons (Fsp3) is 0.400. The fourth-order valence-electron chi connectivity index (χ4n) is 4.98. The van der Waals surface area contributed by atoms with Gasteiger partial charge in [0.25, 0.3) is 0 Å². The normalized spacial score (nSPS) is 17.8. The number of aromatic nitrogens is 2.